The number of rotatable bonds is 16. The largest absolute Gasteiger partial charge is 0.478 e. The normalized spacial score (nSPS) is 11.6. The average molecular weight is 657 g/mol. The minimum absolute atomic E-state index is 0.0475. The number of furan rings is 1. The third kappa shape index (κ3) is 9.08. The van der Waals surface area contributed by atoms with Gasteiger partial charge >= 0.3 is 5.97 Å². The third-order valence-electron chi connectivity index (χ3n) is 6.71. The summed E-state index contributed by atoms with van der Waals surface area (Å²) in [4.78, 5) is 34.2. The highest BCUT2D eigenvalue weighted by Crippen LogP contribution is 2.35. The molecule has 0 aliphatic rings. The van der Waals surface area contributed by atoms with Crippen LogP contribution in [0.4, 0.5) is 23.0 Å². The number of anilines is 4. The van der Waals surface area contributed by atoms with Gasteiger partial charge in [-0.15, -0.1) is 0 Å². The summed E-state index contributed by atoms with van der Waals surface area (Å²) >= 11 is 12.5. The molecule has 14 heteroatoms. The van der Waals surface area contributed by atoms with Crippen LogP contribution in [0.3, 0.4) is 0 Å². The van der Waals surface area contributed by atoms with E-state index in [0.29, 0.717) is 69.5 Å². The number of carbonyl (C=O) groups is 2. The Morgan fingerprint density at radius 3 is 2.58 bits per heavy atom. The van der Waals surface area contributed by atoms with Gasteiger partial charge in [-0.05, 0) is 75.2 Å². The molecule has 0 saturated heterocycles. The fraction of sp³-hybridized carbons (Fsp3) is 0.290. The van der Waals surface area contributed by atoms with Gasteiger partial charge in [0.15, 0.2) is 11.6 Å². The number of carboxylic acid groups (broad SMARTS) is 1. The summed E-state index contributed by atoms with van der Waals surface area (Å²) in [5, 5.41) is 32.4. The number of nitrogens with zero attached hydrogens (tertiary/aromatic N) is 2. The lowest BCUT2D eigenvalue weighted by atomic mass is 10.1. The number of benzene rings is 2. The van der Waals surface area contributed by atoms with E-state index in [4.69, 9.17) is 33.4 Å². The highest BCUT2D eigenvalue weighted by molar-refractivity contribution is 6.35. The van der Waals surface area contributed by atoms with Gasteiger partial charge < -0.3 is 41.6 Å². The smallest absolute Gasteiger partial charge is 0.337 e. The van der Waals surface area contributed by atoms with E-state index in [0.717, 1.165) is 6.42 Å². The van der Waals surface area contributed by atoms with Crippen LogP contribution in [0.1, 0.15) is 41.2 Å². The van der Waals surface area contributed by atoms with Crippen molar-refractivity contribution in [2.75, 3.05) is 35.6 Å². The molecule has 4 rings (SSSR count). The molecule has 1 atom stereocenters. The molecule has 12 nitrogen and oxygen atoms in total. The van der Waals surface area contributed by atoms with Crippen LogP contribution < -0.4 is 27.0 Å². The van der Waals surface area contributed by atoms with Crippen LogP contribution in [0.15, 0.2) is 59.0 Å². The number of para-hydroxylation sites is 1. The molecule has 8 N–H and O–H groups in total. The highest BCUT2D eigenvalue weighted by Gasteiger charge is 2.23. The minimum atomic E-state index is -1.11. The zero-order valence-corrected chi connectivity index (χ0v) is 26.1. The zero-order valence-electron chi connectivity index (χ0n) is 24.6. The number of aliphatic hydroxyl groups is 1. The molecule has 0 fully saturated rings. The molecule has 0 bridgehead atoms. The number of amides is 1. The lowest BCUT2D eigenvalue weighted by Gasteiger charge is -2.23. The van der Waals surface area contributed by atoms with Crippen LogP contribution in [0.25, 0.3) is 11.3 Å². The number of nitrogens with two attached hydrogens (primary N) is 1. The number of carbonyl (C=O) groups excluding carboxylic acids is 1. The van der Waals surface area contributed by atoms with Crippen molar-refractivity contribution >= 4 is 58.1 Å². The lowest BCUT2D eigenvalue weighted by molar-refractivity contribution is -0.122. The molecule has 0 saturated carbocycles. The van der Waals surface area contributed by atoms with Crippen molar-refractivity contribution in [3.63, 3.8) is 0 Å². The standard InChI is InChI=1S/C31H35Cl2N7O5/c1-18-37-28(39-24-7-3-2-6-21(24)31(43)44)27(29(38-18)40-25(8-4-5-13-34)30(42)35-14-15-41)36-17-20-10-12-26(45-20)22-16-19(32)9-11-23(22)33/h2-3,6-7,9-12,16,25,36,41H,4-5,8,13-15,17,34H2,1H3,(H,35,42)(H,43,44)(H2,37,38,39,40). The first kappa shape index (κ1) is 33.5. The van der Waals surface area contributed by atoms with E-state index in [9.17, 15) is 19.8 Å². The number of unbranched alkanes of at least 4 members (excludes halogenated alkanes) is 1. The van der Waals surface area contributed by atoms with Gasteiger partial charge in [0.1, 0.15) is 29.1 Å². The number of aromatic nitrogens is 2. The Hall–Kier alpha value is -4.36. The second-order valence-electron chi connectivity index (χ2n) is 10.1. The molecule has 0 aliphatic heterocycles. The van der Waals surface area contributed by atoms with Gasteiger partial charge in [-0.2, -0.15) is 0 Å². The first-order chi connectivity index (χ1) is 21.7. The maximum absolute atomic E-state index is 13.1. The predicted octanol–water partition coefficient (Wildman–Crippen LogP) is 5.42. The summed E-state index contributed by atoms with van der Waals surface area (Å²) in [7, 11) is 0. The topological polar surface area (TPSA) is 188 Å². The van der Waals surface area contributed by atoms with Crippen molar-refractivity contribution in [2.24, 2.45) is 5.73 Å². The maximum atomic E-state index is 13.1. The first-order valence-electron chi connectivity index (χ1n) is 14.3. The number of halogens is 2. The lowest BCUT2D eigenvalue weighted by Crippen LogP contribution is -2.41. The SMILES string of the molecule is Cc1nc(Nc2ccccc2C(=O)O)c(NCc2ccc(-c3cc(Cl)ccc3Cl)o2)c(NC(CCCCN)C(=O)NCCO)n1. The number of aryl methyl sites for hydroxylation is 1. The molecule has 1 amide bonds. The minimum Gasteiger partial charge on any atom is -0.478 e. The van der Waals surface area contributed by atoms with E-state index in [1.807, 2.05) is 0 Å². The summed E-state index contributed by atoms with van der Waals surface area (Å²) < 4.78 is 6.06. The van der Waals surface area contributed by atoms with Crippen molar-refractivity contribution in [1.82, 2.24) is 15.3 Å². The summed E-state index contributed by atoms with van der Waals surface area (Å²) in [6, 6.07) is 14.4. The van der Waals surface area contributed by atoms with Gasteiger partial charge in [-0.3, -0.25) is 4.79 Å². The van der Waals surface area contributed by atoms with Gasteiger partial charge in [0.05, 0.1) is 29.4 Å². The second kappa shape index (κ2) is 16.1. The summed E-state index contributed by atoms with van der Waals surface area (Å²) in [6.07, 6.45) is 1.84. The molecule has 2 heterocycles. The van der Waals surface area contributed by atoms with Crippen LogP contribution in [-0.4, -0.2) is 57.8 Å². The summed E-state index contributed by atoms with van der Waals surface area (Å²) in [5.41, 5.74) is 7.06. The Morgan fingerprint density at radius 1 is 1.04 bits per heavy atom. The molecule has 238 valence electrons. The number of aromatic carboxylic acids is 1. The molecule has 4 aromatic rings. The van der Waals surface area contributed by atoms with E-state index >= 15 is 0 Å². The van der Waals surface area contributed by atoms with E-state index in [1.165, 1.54) is 6.07 Å². The van der Waals surface area contributed by atoms with E-state index in [1.54, 1.807) is 55.5 Å². The van der Waals surface area contributed by atoms with Gasteiger partial charge in [0.2, 0.25) is 5.91 Å². The molecule has 1 unspecified atom stereocenters. The highest BCUT2D eigenvalue weighted by atomic mass is 35.5. The van der Waals surface area contributed by atoms with Crippen LogP contribution in [0.2, 0.25) is 10.0 Å². The molecule has 2 aromatic carbocycles. The fourth-order valence-corrected chi connectivity index (χ4v) is 4.93. The Labute approximate surface area is 270 Å². The Balaban J connectivity index is 1.71. The molecular formula is C31H35Cl2N7O5. The van der Waals surface area contributed by atoms with Crippen molar-refractivity contribution in [1.29, 1.82) is 0 Å². The van der Waals surface area contributed by atoms with Crippen molar-refractivity contribution in [2.45, 2.75) is 38.8 Å². The fourth-order valence-electron chi connectivity index (χ4n) is 4.55. The predicted molar refractivity (Wildman–Crippen MR) is 175 cm³/mol. The van der Waals surface area contributed by atoms with E-state index < -0.39 is 12.0 Å². The third-order valence-corrected chi connectivity index (χ3v) is 7.28. The number of carboxylic acids is 1. The molecule has 2 aromatic heterocycles. The van der Waals surface area contributed by atoms with Crippen molar-refractivity contribution in [3.05, 3.63) is 81.8 Å². The number of nitrogens with one attached hydrogen (secondary N) is 4. The number of hydrogen-bond donors (Lipinski definition) is 7. The molecule has 45 heavy (non-hydrogen) atoms. The summed E-state index contributed by atoms with van der Waals surface area (Å²) in [5.74, 6) is 0.588. The number of aliphatic hydroxyl groups excluding tert-OH is 1. The molecule has 0 aliphatic carbocycles. The van der Waals surface area contributed by atoms with Gasteiger partial charge in [0.25, 0.3) is 0 Å². The van der Waals surface area contributed by atoms with E-state index in [2.05, 4.69) is 31.2 Å². The van der Waals surface area contributed by atoms with Crippen LogP contribution in [0.5, 0.6) is 0 Å². The Kier molecular flexibility index (Phi) is 12.0. The van der Waals surface area contributed by atoms with Crippen LogP contribution in [-0.2, 0) is 11.3 Å². The van der Waals surface area contributed by atoms with Crippen molar-refractivity contribution in [3.8, 4) is 11.3 Å². The molecule has 0 radical (unpaired) electrons. The quantitative estimate of drug-likeness (QED) is 0.0763. The monoisotopic (exact) mass is 655 g/mol. The van der Waals surface area contributed by atoms with Gasteiger partial charge in [-0.1, -0.05) is 35.3 Å². The Morgan fingerprint density at radius 2 is 1.82 bits per heavy atom. The van der Waals surface area contributed by atoms with Crippen molar-refractivity contribution < 1.29 is 24.2 Å². The molecular weight excluding hydrogens is 621 g/mol. The Bertz CT molecular complexity index is 1630. The second-order valence-corrected chi connectivity index (χ2v) is 10.9. The van der Waals surface area contributed by atoms with Gasteiger partial charge in [0, 0.05) is 17.1 Å². The maximum Gasteiger partial charge on any atom is 0.337 e. The van der Waals surface area contributed by atoms with E-state index in [-0.39, 0.29) is 37.0 Å². The van der Waals surface area contributed by atoms with Gasteiger partial charge in [-0.25, -0.2) is 14.8 Å². The summed E-state index contributed by atoms with van der Waals surface area (Å²) in [6.45, 7) is 2.23. The number of hydrogen-bond acceptors (Lipinski definition) is 10. The molecule has 0 spiro atoms. The zero-order chi connectivity index (χ0) is 32.3. The first-order valence-corrected chi connectivity index (χ1v) is 15.1. The van der Waals surface area contributed by atoms with Crippen LogP contribution in [0, 0.1) is 6.92 Å². The van der Waals surface area contributed by atoms with Crippen LogP contribution >= 0.6 is 23.2 Å². The average Bonchev–Trinajstić information content (AvgIpc) is 3.49.